The SMILES string of the molecule is C[N-]CCCC(=O)[O-].[Li+].[Li+]. The number of nitrogens with zero attached hydrogens (tertiary/aromatic N) is 1. The molecular weight excluding hydrogens is 120 g/mol. The summed E-state index contributed by atoms with van der Waals surface area (Å²) in [5.41, 5.74) is 0. The number of aliphatic carboxylic acids is 1. The molecule has 0 fully saturated rings. The summed E-state index contributed by atoms with van der Waals surface area (Å²) in [6.07, 6.45) is 0.718. The van der Waals surface area contributed by atoms with Gasteiger partial charge in [0.1, 0.15) is 0 Å². The molecule has 0 rings (SSSR count). The summed E-state index contributed by atoms with van der Waals surface area (Å²) in [4.78, 5) is 9.72. The summed E-state index contributed by atoms with van der Waals surface area (Å²) >= 11 is 0. The first-order valence-electron chi connectivity index (χ1n) is 2.53. The summed E-state index contributed by atoms with van der Waals surface area (Å²) in [5, 5.41) is 13.4. The summed E-state index contributed by atoms with van der Waals surface area (Å²) in [6, 6.07) is 0. The molecule has 0 aliphatic carbocycles. The number of hydrogen-bond acceptors (Lipinski definition) is 2. The van der Waals surface area contributed by atoms with Crippen LogP contribution in [0.1, 0.15) is 12.8 Å². The first kappa shape index (κ1) is 16.9. The van der Waals surface area contributed by atoms with Gasteiger partial charge in [0, 0.05) is 5.97 Å². The van der Waals surface area contributed by atoms with Crippen LogP contribution in [0.4, 0.5) is 0 Å². The molecule has 0 saturated carbocycles. The van der Waals surface area contributed by atoms with E-state index in [1.807, 2.05) is 0 Å². The minimum absolute atomic E-state index is 0. The van der Waals surface area contributed by atoms with E-state index in [4.69, 9.17) is 0 Å². The van der Waals surface area contributed by atoms with E-state index in [1.54, 1.807) is 7.05 Å². The Bertz CT molecular complexity index is 80.0. The zero-order valence-electron chi connectivity index (χ0n) is 6.89. The van der Waals surface area contributed by atoms with E-state index >= 15 is 0 Å². The molecule has 3 nitrogen and oxygen atoms in total. The normalized spacial score (nSPS) is 7.30. The zero-order valence-corrected chi connectivity index (χ0v) is 6.89. The zero-order chi connectivity index (χ0) is 6.41. The van der Waals surface area contributed by atoms with Crippen LogP contribution in [0.25, 0.3) is 5.32 Å². The van der Waals surface area contributed by atoms with Gasteiger partial charge in [-0.05, 0) is 6.42 Å². The van der Waals surface area contributed by atoms with Crippen molar-refractivity contribution in [3.63, 3.8) is 0 Å². The fourth-order valence-electron chi connectivity index (χ4n) is 0.382. The van der Waals surface area contributed by atoms with E-state index < -0.39 is 5.97 Å². The van der Waals surface area contributed by atoms with Crippen molar-refractivity contribution < 1.29 is 47.6 Å². The van der Waals surface area contributed by atoms with Gasteiger partial charge in [-0.15, -0.1) is 6.54 Å². The Hall–Kier alpha value is 0.625. The van der Waals surface area contributed by atoms with Crippen molar-refractivity contribution in [1.82, 2.24) is 0 Å². The first-order chi connectivity index (χ1) is 3.77. The van der Waals surface area contributed by atoms with Gasteiger partial charge >= 0.3 is 37.7 Å². The van der Waals surface area contributed by atoms with Crippen LogP contribution in [-0.2, 0) is 4.79 Å². The molecule has 0 spiro atoms. The Morgan fingerprint density at radius 3 is 2.30 bits per heavy atom. The second-order valence-electron chi connectivity index (χ2n) is 1.52. The predicted octanol–water partition coefficient (Wildman–Crippen LogP) is -6.47. The molecule has 0 amide bonds. The molecule has 0 saturated heterocycles. The van der Waals surface area contributed by atoms with E-state index in [9.17, 15) is 9.90 Å². The maximum absolute atomic E-state index is 9.72. The maximum atomic E-state index is 9.72. The van der Waals surface area contributed by atoms with Gasteiger partial charge in [-0.1, -0.05) is 6.42 Å². The molecule has 48 valence electrons. The molecule has 10 heavy (non-hydrogen) atoms. The van der Waals surface area contributed by atoms with Crippen molar-refractivity contribution in [2.45, 2.75) is 12.8 Å². The van der Waals surface area contributed by atoms with Gasteiger partial charge in [-0.3, -0.25) is 0 Å². The second kappa shape index (κ2) is 12.3. The van der Waals surface area contributed by atoms with E-state index in [-0.39, 0.29) is 44.1 Å². The number of hydrogen-bond donors (Lipinski definition) is 0. The molecule has 0 aromatic rings. The third-order valence-corrected chi connectivity index (χ3v) is 0.763. The van der Waals surface area contributed by atoms with Crippen molar-refractivity contribution >= 4 is 5.97 Å². The summed E-state index contributed by atoms with van der Waals surface area (Å²) < 4.78 is 0. The van der Waals surface area contributed by atoms with Crippen molar-refractivity contribution in [2.24, 2.45) is 0 Å². The van der Waals surface area contributed by atoms with Crippen LogP contribution in [0.2, 0.25) is 0 Å². The molecule has 0 heterocycles. The summed E-state index contributed by atoms with van der Waals surface area (Å²) in [6.45, 7) is 0.619. The fraction of sp³-hybridized carbons (Fsp3) is 0.800. The minimum Gasteiger partial charge on any atom is -0.665 e. The van der Waals surface area contributed by atoms with Crippen molar-refractivity contribution in [2.75, 3.05) is 13.6 Å². The van der Waals surface area contributed by atoms with Gasteiger partial charge in [-0.2, -0.15) is 7.05 Å². The summed E-state index contributed by atoms with van der Waals surface area (Å²) in [7, 11) is 1.66. The molecule has 0 N–H and O–H groups in total. The van der Waals surface area contributed by atoms with Crippen LogP contribution in [-0.4, -0.2) is 19.6 Å². The van der Waals surface area contributed by atoms with Crippen molar-refractivity contribution in [3.8, 4) is 0 Å². The topological polar surface area (TPSA) is 54.2 Å². The largest absolute Gasteiger partial charge is 1.00 e. The van der Waals surface area contributed by atoms with E-state index in [2.05, 4.69) is 5.32 Å². The average Bonchev–Trinajstić information content (AvgIpc) is 1.66. The minimum atomic E-state index is -0.992. The Labute approximate surface area is 85.3 Å². The smallest absolute Gasteiger partial charge is 0.665 e. The van der Waals surface area contributed by atoms with Crippen LogP contribution < -0.4 is 42.8 Å². The van der Waals surface area contributed by atoms with E-state index in [0.29, 0.717) is 13.0 Å². The standard InChI is InChI=1S/C5H10NO2.2Li/c1-6-4-2-3-5(7)8;;/h2-4H2,1H3,(H,7,8);;/q-1;2*+1/p-1. The van der Waals surface area contributed by atoms with Gasteiger partial charge in [-0.25, -0.2) is 0 Å². The van der Waals surface area contributed by atoms with Gasteiger partial charge < -0.3 is 15.2 Å². The third kappa shape index (κ3) is 15.8. The average molecular weight is 129 g/mol. The Morgan fingerprint density at radius 1 is 1.50 bits per heavy atom. The number of carbonyl (C=O) groups is 1. The van der Waals surface area contributed by atoms with Gasteiger partial charge in [0.15, 0.2) is 0 Å². The Balaban J connectivity index is -0.000000245. The van der Waals surface area contributed by atoms with E-state index in [0.717, 1.165) is 0 Å². The molecule has 0 aromatic carbocycles. The molecule has 0 atom stereocenters. The predicted molar refractivity (Wildman–Crippen MR) is 28.4 cm³/mol. The second-order valence-corrected chi connectivity index (χ2v) is 1.52. The number of carbonyl (C=O) groups excluding carboxylic acids is 1. The Kier molecular flexibility index (Phi) is 20.8. The molecule has 0 aliphatic rings. The molecule has 0 aromatic heterocycles. The van der Waals surface area contributed by atoms with Crippen molar-refractivity contribution in [3.05, 3.63) is 5.32 Å². The number of rotatable bonds is 4. The number of carboxylic acid groups (broad SMARTS) is 1. The third-order valence-electron chi connectivity index (χ3n) is 0.763. The molecule has 0 unspecified atom stereocenters. The Morgan fingerprint density at radius 2 is 2.00 bits per heavy atom. The van der Waals surface area contributed by atoms with Gasteiger partial charge in [0.2, 0.25) is 0 Å². The molecule has 0 radical (unpaired) electrons. The molecular formula is C5H9Li2NO2. The van der Waals surface area contributed by atoms with Crippen LogP contribution in [0.3, 0.4) is 0 Å². The van der Waals surface area contributed by atoms with Gasteiger partial charge in [0.25, 0.3) is 0 Å². The molecule has 5 heteroatoms. The number of carboxylic acids is 1. The van der Waals surface area contributed by atoms with Crippen LogP contribution in [0.15, 0.2) is 0 Å². The molecule has 0 aliphatic heterocycles. The van der Waals surface area contributed by atoms with Crippen LogP contribution >= 0.6 is 0 Å². The maximum Gasteiger partial charge on any atom is 1.00 e. The van der Waals surface area contributed by atoms with Crippen molar-refractivity contribution in [1.29, 1.82) is 0 Å². The fourth-order valence-corrected chi connectivity index (χ4v) is 0.382. The molecule has 0 bridgehead atoms. The quantitative estimate of drug-likeness (QED) is 0.280. The summed E-state index contributed by atoms with van der Waals surface area (Å²) in [5.74, 6) is -0.992. The van der Waals surface area contributed by atoms with Crippen LogP contribution in [0, 0.1) is 0 Å². The van der Waals surface area contributed by atoms with E-state index in [1.165, 1.54) is 0 Å². The van der Waals surface area contributed by atoms with Gasteiger partial charge in [0.05, 0.1) is 0 Å². The first-order valence-corrected chi connectivity index (χ1v) is 2.53. The van der Waals surface area contributed by atoms with Crippen LogP contribution in [0.5, 0.6) is 0 Å². The monoisotopic (exact) mass is 129 g/mol.